The lowest BCUT2D eigenvalue weighted by atomic mass is 10.1. The van der Waals surface area contributed by atoms with Crippen LogP contribution in [-0.2, 0) is 17.7 Å². The van der Waals surface area contributed by atoms with Crippen LogP contribution in [0.3, 0.4) is 0 Å². The molecule has 1 aromatic heterocycles. The Balaban J connectivity index is 0.00000341. The first-order chi connectivity index (χ1) is 14.7. The number of aliphatic imine (C=N–C) groups is 1. The summed E-state index contributed by atoms with van der Waals surface area (Å²) in [7, 11) is 0. The quantitative estimate of drug-likeness (QED) is 0.314. The molecule has 7 nitrogen and oxygen atoms in total. The number of nitrogens with zero attached hydrogens (tertiary/aromatic N) is 2. The zero-order chi connectivity index (χ0) is 21.2. The fraction of sp³-hybridized carbons (Fsp3) is 0.478. The molecule has 170 valence electrons. The van der Waals surface area contributed by atoms with Crippen LogP contribution < -0.4 is 10.6 Å². The predicted octanol–water partition coefficient (Wildman–Crippen LogP) is 4.10. The van der Waals surface area contributed by atoms with Crippen LogP contribution in [0.1, 0.15) is 36.7 Å². The SMILES string of the molecule is CCOC(=O)N1CCC(NC(=NCc2ccccc2C)NCCc2ccco2)CC1.I. The van der Waals surface area contributed by atoms with Gasteiger partial charge < -0.3 is 24.7 Å². The molecule has 0 saturated carbocycles. The number of ether oxygens (including phenoxy) is 1. The van der Waals surface area contributed by atoms with E-state index in [4.69, 9.17) is 14.1 Å². The number of guanidine groups is 1. The van der Waals surface area contributed by atoms with Gasteiger partial charge in [-0.05, 0) is 49.9 Å². The molecular weight excluding hydrogens is 507 g/mol. The van der Waals surface area contributed by atoms with E-state index in [-0.39, 0.29) is 36.1 Å². The number of aryl methyl sites for hydroxylation is 1. The lowest BCUT2D eigenvalue weighted by Gasteiger charge is -2.32. The number of amides is 1. The summed E-state index contributed by atoms with van der Waals surface area (Å²) in [5.74, 6) is 1.74. The average Bonchev–Trinajstić information content (AvgIpc) is 3.27. The second-order valence-electron chi connectivity index (χ2n) is 7.45. The van der Waals surface area contributed by atoms with Gasteiger partial charge in [0.2, 0.25) is 0 Å². The Labute approximate surface area is 201 Å². The minimum atomic E-state index is -0.221. The molecule has 1 saturated heterocycles. The van der Waals surface area contributed by atoms with Gasteiger partial charge in [-0.3, -0.25) is 0 Å². The van der Waals surface area contributed by atoms with Gasteiger partial charge in [-0.25, -0.2) is 9.79 Å². The van der Waals surface area contributed by atoms with Crippen LogP contribution in [0.25, 0.3) is 0 Å². The molecule has 0 unspecified atom stereocenters. The molecule has 2 N–H and O–H groups in total. The number of nitrogens with one attached hydrogen (secondary N) is 2. The number of rotatable bonds is 7. The van der Waals surface area contributed by atoms with Gasteiger partial charge in [0.1, 0.15) is 5.76 Å². The van der Waals surface area contributed by atoms with E-state index in [1.54, 1.807) is 11.2 Å². The van der Waals surface area contributed by atoms with Crippen LogP contribution in [0.2, 0.25) is 0 Å². The smallest absolute Gasteiger partial charge is 0.409 e. The highest BCUT2D eigenvalue weighted by molar-refractivity contribution is 14.0. The van der Waals surface area contributed by atoms with Gasteiger partial charge in [-0.2, -0.15) is 0 Å². The first kappa shape index (κ1) is 25.0. The number of furan rings is 1. The number of carbonyl (C=O) groups is 1. The Kier molecular flexibility index (Phi) is 10.7. The minimum Gasteiger partial charge on any atom is -0.469 e. The van der Waals surface area contributed by atoms with Crippen molar-refractivity contribution in [1.29, 1.82) is 0 Å². The van der Waals surface area contributed by atoms with Gasteiger partial charge in [-0.1, -0.05) is 24.3 Å². The zero-order valence-corrected chi connectivity index (χ0v) is 20.6. The molecule has 1 aliphatic heterocycles. The lowest BCUT2D eigenvalue weighted by molar-refractivity contribution is 0.0963. The van der Waals surface area contributed by atoms with E-state index in [2.05, 4.69) is 29.7 Å². The van der Waals surface area contributed by atoms with E-state index < -0.39 is 0 Å². The zero-order valence-electron chi connectivity index (χ0n) is 18.3. The number of hydrogen-bond donors (Lipinski definition) is 2. The summed E-state index contributed by atoms with van der Waals surface area (Å²) in [5.41, 5.74) is 2.45. The van der Waals surface area contributed by atoms with Crippen molar-refractivity contribution in [1.82, 2.24) is 15.5 Å². The third-order valence-corrected chi connectivity index (χ3v) is 5.27. The van der Waals surface area contributed by atoms with Crippen LogP contribution in [0, 0.1) is 6.92 Å². The second-order valence-corrected chi connectivity index (χ2v) is 7.45. The normalized spacial score (nSPS) is 14.6. The van der Waals surface area contributed by atoms with Crippen LogP contribution in [-0.4, -0.2) is 49.2 Å². The monoisotopic (exact) mass is 540 g/mol. The molecule has 8 heteroatoms. The standard InChI is InChI=1S/C23H32N4O3.HI/c1-3-29-23(28)27-14-11-20(12-15-27)26-22(24-13-10-21-9-6-16-30-21)25-17-19-8-5-4-7-18(19)2;/h4-9,16,20H,3,10-15,17H2,1-2H3,(H2,24,25,26);1H. The summed E-state index contributed by atoms with van der Waals surface area (Å²) < 4.78 is 10.5. The highest BCUT2D eigenvalue weighted by atomic mass is 127. The van der Waals surface area contributed by atoms with Gasteiger partial charge >= 0.3 is 6.09 Å². The average molecular weight is 540 g/mol. The Bertz CT molecular complexity index is 818. The topological polar surface area (TPSA) is 79.1 Å². The lowest BCUT2D eigenvalue weighted by Crippen LogP contribution is -2.50. The number of hydrogen-bond acceptors (Lipinski definition) is 4. The number of likely N-dealkylation sites (tertiary alicyclic amines) is 1. The largest absolute Gasteiger partial charge is 0.469 e. The van der Waals surface area contributed by atoms with E-state index in [9.17, 15) is 4.79 Å². The van der Waals surface area contributed by atoms with Crippen LogP contribution in [0.5, 0.6) is 0 Å². The van der Waals surface area contributed by atoms with E-state index in [0.29, 0.717) is 26.2 Å². The highest BCUT2D eigenvalue weighted by Gasteiger charge is 2.24. The molecule has 0 spiro atoms. The van der Waals surface area contributed by atoms with Crippen molar-refractivity contribution in [2.24, 2.45) is 4.99 Å². The molecule has 2 heterocycles. The Morgan fingerprint density at radius 3 is 2.68 bits per heavy atom. The van der Waals surface area contributed by atoms with Crippen LogP contribution in [0.15, 0.2) is 52.1 Å². The van der Waals surface area contributed by atoms with Crippen molar-refractivity contribution >= 4 is 36.0 Å². The predicted molar refractivity (Wildman–Crippen MR) is 133 cm³/mol. The summed E-state index contributed by atoms with van der Waals surface area (Å²) in [6.45, 7) is 7.07. The molecular formula is C23H33IN4O3. The van der Waals surface area contributed by atoms with Crippen molar-refractivity contribution in [2.45, 2.75) is 45.7 Å². The number of piperidine rings is 1. The number of carbonyl (C=O) groups excluding carboxylic acids is 1. The fourth-order valence-corrected chi connectivity index (χ4v) is 3.48. The van der Waals surface area contributed by atoms with Gasteiger partial charge in [0.25, 0.3) is 0 Å². The Hall–Kier alpha value is -2.23. The molecule has 1 aromatic carbocycles. The molecule has 0 atom stereocenters. The van der Waals surface area contributed by atoms with Gasteiger partial charge in [-0.15, -0.1) is 24.0 Å². The summed E-state index contributed by atoms with van der Waals surface area (Å²) in [4.78, 5) is 18.5. The third-order valence-electron chi connectivity index (χ3n) is 5.27. The fourth-order valence-electron chi connectivity index (χ4n) is 3.48. The molecule has 1 amide bonds. The second kappa shape index (κ2) is 13.2. The summed E-state index contributed by atoms with van der Waals surface area (Å²) in [6.07, 6.45) is 3.99. The van der Waals surface area contributed by atoms with Gasteiger partial charge in [0.15, 0.2) is 5.96 Å². The molecule has 0 bridgehead atoms. The third kappa shape index (κ3) is 8.08. The summed E-state index contributed by atoms with van der Waals surface area (Å²) >= 11 is 0. The highest BCUT2D eigenvalue weighted by Crippen LogP contribution is 2.12. The number of benzene rings is 1. The maximum atomic E-state index is 11.9. The van der Waals surface area contributed by atoms with Crippen molar-refractivity contribution in [3.8, 4) is 0 Å². The van der Waals surface area contributed by atoms with Crippen LogP contribution >= 0.6 is 24.0 Å². The van der Waals surface area contributed by atoms with Gasteiger partial charge in [0.05, 0.1) is 19.4 Å². The molecule has 1 aliphatic rings. The van der Waals surface area contributed by atoms with Gasteiger partial charge in [0, 0.05) is 32.1 Å². The molecule has 0 aliphatic carbocycles. The van der Waals surface area contributed by atoms with E-state index >= 15 is 0 Å². The Morgan fingerprint density at radius 1 is 1.23 bits per heavy atom. The minimum absolute atomic E-state index is 0. The van der Waals surface area contributed by atoms with E-state index in [0.717, 1.165) is 37.5 Å². The maximum absolute atomic E-state index is 11.9. The van der Waals surface area contributed by atoms with Crippen molar-refractivity contribution < 1.29 is 13.9 Å². The van der Waals surface area contributed by atoms with Crippen molar-refractivity contribution in [2.75, 3.05) is 26.2 Å². The molecule has 3 rings (SSSR count). The summed E-state index contributed by atoms with van der Waals surface area (Å²) in [5, 5.41) is 6.97. The molecule has 31 heavy (non-hydrogen) atoms. The van der Waals surface area contributed by atoms with Crippen LogP contribution in [0.4, 0.5) is 4.79 Å². The maximum Gasteiger partial charge on any atom is 0.409 e. The number of halogens is 1. The van der Waals surface area contributed by atoms with Crippen molar-refractivity contribution in [3.63, 3.8) is 0 Å². The molecule has 2 aromatic rings. The van der Waals surface area contributed by atoms with Crippen molar-refractivity contribution in [3.05, 3.63) is 59.5 Å². The molecule has 0 radical (unpaired) electrons. The first-order valence-electron chi connectivity index (χ1n) is 10.7. The van der Waals surface area contributed by atoms with E-state index in [1.807, 2.05) is 31.2 Å². The Morgan fingerprint density at radius 2 is 2.00 bits per heavy atom. The first-order valence-corrected chi connectivity index (χ1v) is 10.7. The van der Waals surface area contributed by atoms with E-state index in [1.165, 1.54) is 11.1 Å². The summed E-state index contributed by atoms with van der Waals surface area (Å²) in [6, 6.07) is 12.4. The molecule has 1 fully saturated rings.